The Hall–Kier alpha value is -1.53. The van der Waals surface area contributed by atoms with Crippen molar-refractivity contribution in [1.29, 1.82) is 0 Å². The number of nitrogens with one attached hydrogen (secondary N) is 1. The first-order valence-corrected chi connectivity index (χ1v) is 8.08. The van der Waals surface area contributed by atoms with Crippen molar-refractivity contribution < 1.29 is 4.79 Å². The van der Waals surface area contributed by atoms with Gasteiger partial charge in [-0.2, -0.15) is 5.10 Å². The van der Waals surface area contributed by atoms with Gasteiger partial charge in [0.25, 0.3) is 0 Å². The molecule has 1 aromatic heterocycles. The molecule has 0 saturated carbocycles. The lowest BCUT2D eigenvalue weighted by Crippen LogP contribution is -2.35. The molecule has 2 heterocycles. The molecule has 110 valence electrons. The summed E-state index contributed by atoms with van der Waals surface area (Å²) in [6, 6.07) is 5.45. The normalized spacial score (nSPS) is 18.9. The van der Waals surface area contributed by atoms with Gasteiger partial charge in [0, 0.05) is 15.7 Å². The van der Waals surface area contributed by atoms with Crippen LogP contribution in [-0.2, 0) is 4.79 Å². The van der Waals surface area contributed by atoms with Crippen molar-refractivity contribution in [3.8, 4) is 0 Å². The number of rotatable bonds is 3. The molecule has 1 aromatic carbocycles. The zero-order valence-electron chi connectivity index (χ0n) is 11.5. The molecule has 1 amide bonds. The van der Waals surface area contributed by atoms with E-state index in [1.807, 2.05) is 18.2 Å². The van der Waals surface area contributed by atoms with Crippen molar-refractivity contribution in [3.63, 3.8) is 0 Å². The fourth-order valence-electron chi connectivity index (χ4n) is 2.35. The SMILES string of the molecule is CC(C(=O)NC1CCSc2ccc(Cl)cc21)n1cncn1. The summed E-state index contributed by atoms with van der Waals surface area (Å²) >= 11 is 7.87. The van der Waals surface area contributed by atoms with E-state index >= 15 is 0 Å². The molecule has 2 unspecified atom stereocenters. The Balaban J connectivity index is 1.77. The summed E-state index contributed by atoms with van der Waals surface area (Å²) in [5.74, 6) is 0.917. The van der Waals surface area contributed by atoms with Crippen molar-refractivity contribution in [3.05, 3.63) is 41.4 Å². The topological polar surface area (TPSA) is 59.8 Å². The second-order valence-corrected chi connectivity index (χ2v) is 6.51. The maximum atomic E-state index is 12.4. The van der Waals surface area contributed by atoms with Crippen LogP contribution >= 0.6 is 23.4 Å². The number of carbonyl (C=O) groups is 1. The molecule has 1 N–H and O–H groups in total. The second-order valence-electron chi connectivity index (χ2n) is 4.93. The van der Waals surface area contributed by atoms with E-state index in [0.29, 0.717) is 5.02 Å². The Morgan fingerprint density at radius 3 is 3.19 bits per heavy atom. The van der Waals surface area contributed by atoms with Crippen LogP contribution in [0.2, 0.25) is 5.02 Å². The lowest BCUT2D eigenvalue weighted by Gasteiger charge is -2.27. The monoisotopic (exact) mass is 322 g/mol. The van der Waals surface area contributed by atoms with Crippen molar-refractivity contribution >= 4 is 29.3 Å². The average Bonchev–Trinajstić information content (AvgIpc) is 3.01. The van der Waals surface area contributed by atoms with Crippen LogP contribution in [0.4, 0.5) is 0 Å². The van der Waals surface area contributed by atoms with Crippen molar-refractivity contribution in [2.45, 2.75) is 30.3 Å². The quantitative estimate of drug-likeness (QED) is 0.944. The van der Waals surface area contributed by atoms with Crippen molar-refractivity contribution in [1.82, 2.24) is 20.1 Å². The van der Waals surface area contributed by atoms with Crippen LogP contribution < -0.4 is 5.32 Å². The molecule has 1 aliphatic heterocycles. The van der Waals surface area contributed by atoms with Gasteiger partial charge in [-0.25, -0.2) is 9.67 Å². The molecule has 0 saturated heterocycles. The van der Waals surface area contributed by atoms with E-state index in [2.05, 4.69) is 15.4 Å². The number of nitrogens with zero attached hydrogens (tertiary/aromatic N) is 3. The first kappa shape index (κ1) is 14.4. The van der Waals surface area contributed by atoms with Crippen LogP contribution in [-0.4, -0.2) is 26.4 Å². The lowest BCUT2D eigenvalue weighted by molar-refractivity contribution is -0.125. The minimum atomic E-state index is -0.385. The summed E-state index contributed by atoms with van der Waals surface area (Å²) in [5, 5.41) is 7.79. The highest BCUT2D eigenvalue weighted by Gasteiger charge is 2.25. The molecule has 0 fully saturated rings. The van der Waals surface area contributed by atoms with Crippen LogP contribution in [0.3, 0.4) is 0 Å². The van der Waals surface area contributed by atoms with E-state index in [1.54, 1.807) is 29.7 Å². The molecular formula is C14H15ClN4OS. The van der Waals surface area contributed by atoms with Crippen molar-refractivity contribution in [2.75, 3.05) is 5.75 Å². The third-order valence-electron chi connectivity index (χ3n) is 3.54. The fraction of sp³-hybridized carbons (Fsp3) is 0.357. The van der Waals surface area contributed by atoms with Gasteiger partial charge < -0.3 is 5.32 Å². The smallest absolute Gasteiger partial charge is 0.245 e. The van der Waals surface area contributed by atoms with E-state index in [-0.39, 0.29) is 18.0 Å². The van der Waals surface area contributed by atoms with Crippen molar-refractivity contribution in [2.24, 2.45) is 0 Å². The van der Waals surface area contributed by atoms with Gasteiger partial charge in [0.15, 0.2) is 0 Å². The number of aromatic nitrogens is 3. The highest BCUT2D eigenvalue weighted by atomic mass is 35.5. The fourth-order valence-corrected chi connectivity index (χ4v) is 3.63. The van der Waals surface area contributed by atoms with Crippen LogP contribution in [0.25, 0.3) is 0 Å². The molecule has 5 nitrogen and oxygen atoms in total. The van der Waals surface area contributed by atoms with Crippen LogP contribution in [0.1, 0.15) is 31.0 Å². The third kappa shape index (κ3) is 3.06. The molecule has 1 aliphatic rings. The second kappa shape index (κ2) is 6.07. The number of carbonyl (C=O) groups excluding carboxylic acids is 1. The highest BCUT2D eigenvalue weighted by molar-refractivity contribution is 7.99. The molecule has 0 aliphatic carbocycles. The average molecular weight is 323 g/mol. The first-order valence-electron chi connectivity index (χ1n) is 6.72. The molecule has 3 rings (SSSR count). The molecule has 0 radical (unpaired) electrons. The Kier molecular flexibility index (Phi) is 4.17. The van der Waals surface area contributed by atoms with Gasteiger partial charge in [-0.3, -0.25) is 4.79 Å². The number of thioether (sulfide) groups is 1. The molecule has 7 heteroatoms. The Labute approximate surface area is 132 Å². The minimum absolute atomic E-state index is 0.00146. The summed E-state index contributed by atoms with van der Waals surface area (Å²) in [4.78, 5) is 17.4. The van der Waals surface area contributed by atoms with Crippen LogP contribution in [0, 0.1) is 0 Å². The third-order valence-corrected chi connectivity index (χ3v) is 4.90. The van der Waals surface area contributed by atoms with Crippen LogP contribution in [0.5, 0.6) is 0 Å². The van der Waals surface area contributed by atoms with Gasteiger partial charge in [-0.1, -0.05) is 11.6 Å². The Morgan fingerprint density at radius 2 is 2.43 bits per heavy atom. The van der Waals surface area contributed by atoms with Gasteiger partial charge in [-0.05, 0) is 37.1 Å². The number of hydrogen-bond acceptors (Lipinski definition) is 4. The maximum absolute atomic E-state index is 12.4. The molecule has 2 aromatic rings. The van der Waals surface area contributed by atoms with E-state index in [1.165, 1.54) is 11.2 Å². The first-order chi connectivity index (χ1) is 10.1. The lowest BCUT2D eigenvalue weighted by atomic mass is 10.0. The van der Waals surface area contributed by atoms with E-state index in [9.17, 15) is 4.79 Å². The van der Waals surface area contributed by atoms with Gasteiger partial charge in [0.1, 0.15) is 18.7 Å². The standard InChI is InChI=1S/C14H15ClN4OS/c1-9(19-8-16-7-17-19)14(20)18-12-4-5-21-13-3-2-10(15)6-11(12)13/h2-3,6-9,12H,4-5H2,1H3,(H,18,20). The summed E-state index contributed by atoms with van der Waals surface area (Å²) in [6.07, 6.45) is 3.87. The number of benzene rings is 1. The van der Waals surface area contributed by atoms with Gasteiger partial charge >= 0.3 is 0 Å². The minimum Gasteiger partial charge on any atom is -0.347 e. The number of amides is 1. The highest BCUT2D eigenvalue weighted by Crippen LogP contribution is 2.37. The summed E-state index contributed by atoms with van der Waals surface area (Å²) < 4.78 is 1.55. The summed E-state index contributed by atoms with van der Waals surface area (Å²) in [5.41, 5.74) is 1.10. The van der Waals surface area contributed by atoms with Gasteiger partial charge in [0.2, 0.25) is 5.91 Å². The molecule has 21 heavy (non-hydrogen) atoms. The molecular weight excluding hydrogens is 308 g/mol. The zero-order chi connectivity index (χ0) is 14.8. The summed E-state index contributed by atoms with van der Waals surface area (Å²) in [7, 11) is 0. The Bertz CT molecular complexity index is 646. The zero-order valence-corrected chi connectivity index (χ0v) is 13.1. The molecule has 2 atom stereocenters. The number of hydrogen-bond donors (Lipinski definition) is 1. The number of halogens is 1. The predicted molar refractivity (Wildman–Crippen MR) is 82.4 cm³/mol. The predicted octanol–water partition coefficient (Wildman–Crippen LogP) is 2.85. The molecule has 0 bridgehead atoms. The molecule has 0 spiro atoms. The van der Waals surface area contributed by atoms with E-state index in [4.69, 9.17) is 11.6 Å². The number of fused-ring (bicyclic) bond motifs is 1. The Morgan fingerprint density at radius 1 is 1.57 bits per heavy atom. The van der Waals surface area contributed by atoms with Gasteiger partial charge in [-0.15, -0.1) is 11.8 Å². The largest absolute Gasteiger partial charge is 0.347 e. The van der Waals surface area contributed by atoms with E-state index in [0.717, 1.165) is 17.7 Å². The maximum Gasteiger partial charge on any atom is 0.245 e. The van der Waals surface area contributed by atoms with Gasteiger partial charge in [0.05, 0.1) is 6.04 Å². The van der Waals surface area contributed by atoms with E-state index < -0.39 is 0 Å². The summed E-state index contributed by atoms with van der Waals surface area (Å²) in [6.45, 7) is 1.81. The van der Waals surface area contributed by atoms with Crippen LogP contribution in [0.15, 0.2) is 35.7 Å².